The second kappa shape index (κ2) is 8.36. The molecule has 0 aliphatic heterocycles. The third kappa shape index (κ3) is 4.99. The van der Waals surface area contributed by atoms with E-state index in [4.69, 9.17) is 9.47 Å². The van der Waals surface area contributed by atoms with Crippen molar-refractivity contribution in [3.63, 3.8) is 0 Å². The van der Waals surface area contributed by atoms with Crippen LogP contribution >= 0.6 is 0 Å². The van der Waals surface area contributed by atoms with E-state index in [1.807, 2.05) is 44.2 Å². The maximum absolute atomic E-state index is 12.0. The summed E-state index contributed by atoms with van der Waals surface area (Å²) in [7, 11) is 3.21. The van der Waals surface area contributed by atoms with Gasteiger partial charge >= 0.3 is 0 Å². The molecule has 0 aromatic heterocycles. The average Bonchev–Trinajstić information content (AvgIpc) is 2.53. The standard InChI is InChI=1S/C19H24N2O3/c1-13-7-14(2)9-16(8-13)21-19(22)12-20-11-15-5-6-17(23-3)18(10-15)24-4/h5-10,20H,11-12H2,1-4H3,(H,21,22). The van der Waals surface area contributed by atoms with E-state index in [-0.39, 0.29) is 12.5 Å². The fraction of sp³-hybridized carbons (Fsp3) is 0.316. The van der Waals surface area contributed by atoms with Gasteiger partial charge in [0.15, 0.2) is 11.5 Å². The molecule has 0 saturated heterocycles. The van der Waals surface area contributed by atoms with Crippen molar-refractivity contribution in [1.82, 2.24) is 5.32 Å². The molecule has 5 nitrogen and oxygen atoms in total. The smallest absolute Gasteiger partial charge is 0.238 e. The molecule has 0 heterocycles. The number of carbonyl (C=O) groups excluding carboxylic acids is 1. The zero-order valence-electron chi connectivity index (χ0n) is 14.6. The molecule has 128 valence electrons. The van der Waals surface area contributed by atoms with Gasteiger partial charge in [-0.05, 0) is 54.8 Å². The van der Waals surface area contributed by atoms with Crippen LogP contribution in [-0.2, 0) is 11.3 Å². The van der Waals surface area contributed by atoms with E-state index >= 15 is 0 Å². The Morgan fingerprint density at radius 1 is 0.958 bits per heavy atom. The van der Waals surface area contributed by atoms with Crippen LogP contribution in [0.2, 0.25) is 0 Å². The summed E-state index contributed by atoms with van der Waals surface area (Å²) in [5.74, 6) is 1.30. The van der Waals surface area contributed by atoms with Crippen LogP contribution in [0.4, 0.5) is 5.69 Å². The van der Waals surface area contributed by atoms with E-state index < -0.39 is 0 Å². The van der Waals surface area contributed by atoms with E-state index in [1.165, 1.54) is 0 Å². The number of hydrogen-bond acceptors (Lipinski definition) is 4. The Labute approximate surface area is 143 Å². The molecule has 0 unspecified atom stereocenters. The van der Waals surface area contributed by atoms with Crippen molar-refractivity contribution in [1.29, 1.82) is 0 Å². The number of methoxy groups -OCH3 is 2. The van der Waals surface area contributed by atoms with Gasteiger partial charge in [0.1, 0.15) is 0 Å². The van der Waals surface area contributed by atoms with E-state index in [9.17, 15) is 4.79 Å². The Hall–Kier alpha value is -2.53. The number of carbonyl (C=O) groups is 1. The van der Waals surface area contributed by atoms with Crippen molar-refractivity contribution < 1.29 is 14.3 Å². The van der Waals surface area contributed by atoms with Crippen LogP contribution in [0.1, 0.15) is 16.7 Å². The summed E-state index contributed by atoms with van der Waals surface area (Å²) in [4.78, 5) is 12.0. The molecular formula is C19H24N2O3. The van der Waals surface area contributed by atoms with Gasteiger partial charge in [-0.2, -0.15) is 0 Å². The molecule has 0 fully saturated rings. The summed E-state index contributed by atoms with van der Waals surface area (Å²) < 4.78 is 10.5. The minimum absolute atomic E-state index is 0.0690. The van der Waals surface area contributed by atoms with Gasteiger partial charge in [0, 0.05) is 12.2 Å². The van der Waals surface area contributed by atoms with Crippen LogP contribution in [0.15, 0.2) is 36.4 Å². The van der Waals surface area contributed by atoms with Gasteiger partial charge in [-0.15, -0.1) is 0 Å². The minimum Gasteiger partial charge on any atom is -0.493 e. The van der Waals surface area contributed by atoms with Gasteiger partial charge in [0.2, 0.25) is 5.91 Å². The Morgan fingerprint density at radius 3 is 2.25 bits per heavy atom. The highest BCUT2D eigenvalue weighted by molar-refractivity contribution is 5.92. The first-order chi connectivity index (χ1) is 11.5. The lowest BCUT2D eigenvalue weighted by molar-refractivity contribution is -0.115. The maximum Gasteiger partial charge on any atom is 0.238 e. The highest BCUT2D eigenvalue weighted by atomic mass is 16.5. The summed E-state index contributed by atoms with van der Waals surface area (Å²) in [5, 5.41) is 6.04. The van der Waals surface area contributed by atoms with Gasteiger partial charge in [0.05, 0.1) is 20.8 Å². The van der Waals surface area contributed by atoms with E-state index in [2.05, 4.69) is 16.7 Å². The highest BCUT2D eigenvalue weighted by Gasteiger charge is 2.06. The Morgan fingerprint density at radius 2 is 1.62 bits per heavy atom. The number of benzene rings is 2. The average molecular weight is 328 g/mol. The fourth-order valence-corrected chi connectivity index (χ4v) is 2.56. The van der Waals surface area contributed by atoms with Crippen molar-refractivity contribution >= 4 is 11.6 Å². The van der Waals surface area contributed by atoms with Crippen LogP contribution in [-0.4, -0.2) is 26.7 Å². The zero-order valence-corrected chi connectivity index (χ0v) is 14.6. The summed E-state index contributed by atoms with van der Waals surface area (Å²) in [6.07, 6.45) is 0. The molecule has 0 saturated carbocycles. The maximum atomic E-state index is 12.0. The molecular weight excluding hydrogens is 304 g/mol. The molecule has 0 bridgehead atoms. The molecule has 0 spiro atoms. The third-order valence-electron chi connectivity index (χ3n) is 3.57. The predicted octanol–water partition coefficient (Wildman–Crippen LogP) is 3.05. The molecule has 2 aromatic rings. The van der Waals surface area contributed by atoms with Crippen LogP contribution in [0.3, 0.4) is 0 Å². The second-order valence-electron chi connectivity index (χ2n) is 5.72. The Balaban J connectivity index is 1.86. The molecule has 0 aliphatic rings. The van der Waals surface area contributed by atoms with E-state index in [0.29, 0.717) is 18.0 Å². The van der Waals surface area contributed by atoms with Crippen LogP contribution in [0.25, 0.3) is 0 Å². The van der Waals surface area contributed by atoms with Crippen LogP contribution in [0, 0.1) is 13.8 Å². The fourth-order valence-electron chi connectivity index (χ4n) is 2.56. The summed E-state index contributed by atoms with van der Waals surface area (Å²) >= 11 is 0. The van der Waals surface area contributed by atoms with Crippen molar-refractivity contribution in [3.8, 4) is 11.5 Å². The lowest BCUT2D eigenvalue weighted by Crippen LogP contribution is -2.27. The van der Waals surface area contributed by atoms with Crippen molar-refractivity contribution in [2.24, 2.45) is 0 Å². The molecule has 1 amide bonds. The number of aryl methyl sites for hydroxylation is 2. The third-order valence-corrected chi connectivity index (χ3v) is 3.57. The number of anilines is 1. The number of amides is 1. The van der Waals surface area contributed by atoms with Gasteiger partial charge < -0.3 is 20.1 Å². The Bertz CT molecular complexity index is 694. The normalized spacial score (nSPS) is 10.3. The zero-order chi connectivity index (χ0) is 17.5. The van der Waals surface area contributed by atoms with Crippen LogP contribution < -0.4 is 20.1 Å². The number of nitrogens with one attached hydrogen (secondary N) is 2. The topological polar surface area (TPSA) is 59.6 Å². The summed E-state index contributed by atoms with van der Waals surface area (Å²) in [6.45, 7) is 4.83. The first-order valence-electron chi connectivity index (χ1n) is 7.81. The lowest BCUT2D eigenvalue weighted by Gasteiger charge is -2.11. The van der Waals surface area contributed by atoms with Gasteiger partial charge in [-0.3, -0.25) is 4.79 Å². The number of ether oxygens (including phenoxy) is 2. The second-order valence-corrected chi connectivity index (χ2v) is 5.72. The van der Waals surface area contributed by atoms with Gasteiger partial charge in [-0.25, -0.2) is 0 Å². The van der Waals surface area contributed by atoms with Gasteiger partial charge in [0.25, 0.3) is 0 Å². The predicted molar refractivity (Wildman–Crippen MR) is 95.8 cm³/mol. The molecule has 2 aromatic carbocycles. The first kappa shape index (κ1) is 17.8. The SMILES string of the molecule is COc1ccc(CNCC(=O)Nc2cc(C)cc(C)c2)cc1OC. The molecule has 24 heavy (non-hydrogen) atoms. The van der Waals surface area contributed by atoms with E-state index in [1.54, 1.807) is 14.2 Å². The molecule has 2 N–H and O–H groups in total. The first-order valence-corrected chi connectivity index (χ1v) is 7.81. The van der Waals surface area contributed by atoms with Gasteiger partial charge in [-0.1, -0.05) is 12.1 Å². The number of hydrogen-bond donors (Lipinski definition) is 2. The molecule has 0 radical (unpaired) electrons. The van der Waals surface area contributed by atoms with Crippen molar-refractivity contribution in [2.45, 2.75) is 20.4 Å². The van der Waals surface area contributed by atoms with Crippen LogP contribution in [0.5, 0.6) is 11.5 Å². The lowest BCUT2D eigenvalue weighted by atomic mass is 10.1. The highest BCUT2D eigenvalue weighted by Crippen LogP contribution is 2.27. The van der Waals surface area contributed by atoms with E-state index in [0.717, 1.165) is 22.4 Å². The van der Waals surface area contributed by atoms with Crippen molar-refractivity contribution in [2.75, 3.05) is 26.1 Å². The summed E-state index contributed by atoms with van der Waals surface area (Å²) in [6, 6.07) is 11.7. The minimum atomic E-state index is -0.0690. The monoisotopic (exact) mass is 328 g/mol. The largest absolute Gasteiger partial charge is 0.493 e. The quantitative estimate of drug-likeness (QED) is 0.820. The van der Waals surface area contributed by atoms with Crippen molar-refractivity contribution in [3.05, 3.63) is 53.1 Å². The molecule has 5 heteroatoms. The Kier molecular flexibility index (Phi) is 6.21. The molecule has 0 aliphatic carbocycles. The number of rotatable bonds is 7. The summed E-state index contributed by atoms with van der Waals surface area (Å²) in [5.41, 5.74) is 4.10. The molecule has 0 atom stereocenters. The molecule has 2 rings (SSSR count).